The topological polar surface area (TPSA) is 72.2 Å². The minimum absolute atomic E-state index is 0.0812. The van der Waals surface area contributed by atoms with Crippen LogP contribution in [0.3, 0.4) is 0 Å². The number of benzene rings is 1. The number of halogens is 2. The molecule has 100 valence electrons. The molecule has 0 spiro atoms. The van der Waals surface area contributed by atoms with Crippen molar-refractivity contribution >= 4 is 26.0 Å². The van der Waals surface area contributed by atoms with Crippen molar-refractivity contribution in [3.8, 4) is 0 Å². The molecule has 7 heteroatoms. The summed E-state index contributed by atoms with van der Waals surface area (Å²) in [6, 6.07) is 3.29. The van der Waals surface area contributed by atoms with E-state index in [1.165, 1.54) is 12.1 Å². The van der Waals surface area contributed by atoms with Crippen LogP contribution in [0.4, 0.5) is 4.39 Å². The standard InChI is InChI=1S/C11H14BrFN2O2S/c12-8-5-4-7(6-9(8)13)18(16,17)15-11-3-1-2-10(11)14/h4-6,10-11,15H,1-3,14H2. The maximum absolute atomic E-state index is 13.3. The SMILES string of the molecule is NC1CCCC1NS(=O)(=O)c1ccc(Br)c(F)c1. The Hall–Kier alpha value is -0.500. The quantitative estimate of drug-likeness (QED) is 0.883. The van der Waals surface area contributed by atoms with Gasteiger partial charge in [-0.1, -0.05) is 6.42 Å². The van der Waals surface area contributed by atoms with Crippen molar-refractivity contribution in [3.63, 3.8) is 0 Å². The molecule has 1 aromatic carbocycles. The highest BCUT2D eigenvalue weighted by atomic mass is 79.9. The first-order chi connectivity index (χ1) is 8.40. The van der Waals surface area contributed by atoms with Crippen LogP contribution in [0.5, 0.6) is 0 Å². The fourth-order valence-electron chi connectivity index (χ4n) is 2.05. The Bertz CT molecular complexity index is 550. The van der Waals surface area contributed by atoms with E-state index in [1.54, 1.807) is 0 Å². The fraction of sp³-hybridized carbons (Fsp3) is 0.455. The van der Waals surface area contributed by atoms with Crippen molar-refractivity contribution in [1.29, 1.82) is 0 Å². The zero-order chi connectivity index (χ0) is 13.3. The van der Waals surface area contributed by atoms with Crippen LogP contribution in [-0.2, 0) is 10.0 Å². The molecule has 0 aliphatic heterocycles. The Balaban J connectivity index is 2.22. The van der Waals surface area contributed by atoms with E-state index in [0.29, 0.717) is 0 Å². The molecule has 0 bridgehead atoms. The number of sulfonamides is 1. The lowest BCUT2D eigenvalue weighted by Gasteiger charge is -2.17. The van der Waals surface area contributed by atoms with Gasteiger partial charge in [0.1, 0.15) is 5.82 Å². The summed E-state index contributed by atoms with van der Waals surface area (Å²) in [6.07, 6.45) is 2.43. The number of nitrogens with one attached hydrogen (secondary N) is 1. The van der Waals surface area contributed by atoms with E-state index >= 15 is 0 Å². The van der Waals surface area contributed by atoms with Gasteiger partial charge >= 0.3 is 0 Å². The third-order valence-electron chi connectivity index (χ3n) is 3.08. The smallest absolute Gasteiger partial charge is 0.240 e. The lowest BCUT2D eigenvalue weighted by molar-refractivity contribution is 0.521. The van der Waals surface area contributed by atoms with Gasteiger partial charge in [-0.3, -0.25) is 0 Å². The maximum Gasteiger partial charge on any atom is 0.240 e. The third kappa shape index (κ3) is 2.90. The average molecular weight is 337 g/mol. The van der Waals surface area contributed by atoms with Crippen LogP contribution < -0.4 is 10.5 Å². The second-order valence-electron chi connectivity index (χ2n) is 4.40. The van der Waals surface area contributed by atoms with E-state index in [1.807, 2.05) is 0 Å². The minimum Gasteiger partial charge on any atom is -0.326 e. The molecule has 1 aliphatic rings. The summed E-state index contributed by atoms with van der Waals surface area (Å²) in [7, 11) is -3.71. The van der Waals surface area contributed by atoms with Crippen LogP contribution >= 0.6 is 15.9 Å². The van der Waals surface area contributed by atoms with Gasteiger partial charge in [0.05, 0.1) is 9.37 Å². The van der Waals surface area contributed by atoms with Gasteiger partial charge in [-0.25, -0.2) is 17.5 Å². The molecule has 3 N–H and O–H groups in total. The first-order valence-electron chi connectivity index (χ1n) is 5.63. The molecule has 0 amide bonds. The van der Waals surface area contributed by atoms with Crippen LogP contribution in [0.1, 0.15) is 19.3 Å². The van der Waals surface area contributed by atoms with Gasteiger partial charge in [-0.2, -0.15) is 0 Å². The van der Waals surface area contributed by atoms with E-state index < -0.39 is 15.8 Å². The Morgan fingerprint density at radius 3 is 2.67 bits per heavy atom. The summed E-state index contributed by atoms with van der Waals surface area (Å²) >= 11 is 2.98. The van der Waals surface area contributed by atoms with Gasteiger partial charge in [-0.05, 0) is 47.0 Å². The van der Waals surface area contributed by atoms with Gasteiger partial charge in [0.15, 0.2) is 0 Å². The predicted octanol–water partition coefficient (Wildman–Crippen LogP) is 1.75. The Morgan fingerprint density at radius 2 is 2.11 bits per heavy atom. The number of hydrogen-bond acceptors (Lipinski definition) is 3. The number of rotatable bonds is 3. The molecule has 2 unspecified atom stereocenters. The minimum atomic E-state index is -3.71. The van der Waals surface area contributed by atoms with Crippen molar-refractivity contribution in [2.24, 2.45) is 5.73 Å². The van der Waals surface area contributed by atoms with Crippen LogP contribution in [0.25, 0.3) is 0 Å². The normalized spacial score (nSPS) is 24.4. The molecule has 1 saturated carbocycles. The molecular formula is C11H14BrFN2O2S. The molecule has 0 radical (unpaired) electrons. The number of hydrogen-bond donors (Lipinski definition) is 2. The van der Waals surface area contributed by atoms with Crippen molar-refractivity contribution in [2.75, 3.05) is 0 Å². The zero-order valence-corrected chi connectivity index (χ0v) is 12.0. The van der Waals surface area contributed by atoms with E-state index in [4.69, 9.17) is 5.73 Å². The number of nitrogens with two attached hydrogens (primary N) is 1. The molecular weight excluding hydrogens is 323 g/mol. The summed E-state index contributed by atoms with van der Waals surface area (Å²) in [5.41, 5.74) is 5.81. The molecule has 1 fully saturated rings. The van der Waals surface area contributed by atoms with Gasteiger partial charge < -0.3 is 5.73 Å². The van der Waals surface area contributed by atoms with Crippen LogP contribution in [-0.4, -0.2) is 20.5 Å². The first kappa shape index (κ1) is 13.9. The zero-order valence-electron chi connectivity index (χ0n) is 9.57. The highest BCUT2D eigenvalue weighted by Gasteiger charge is 2.29. The van der Waals surface area contributed by atoms with Gasteiger partial charge in [0, 0.05) is 12.1 Å². The Kier molecular flexibility index (Phi) is 4.05. The molecule has 0 saturated heterocycles. The van der Waals surface area contributed by atoms with E-state index in [2.05, 4.69) is 20.7 Å². The fourth-order valence-corrected chi connectivity index (χ4v) is 3.63. The second-order valence-corrected chi connectivity index (χ2v) is 6.97. The lowest BCUT2D eigenvalue weighted by atomic mass is 10.2. The van der Waals surface area contributed by atoms with Gasteiger partial charge in [-0.15, -0.1) is 0 Å². The molecule has 2 rings (SSSR count). The summed E-state index contributed by atoms with van der Waals surface area (Å²) in [6.45, 7) is 0. The van der Waals surface area contributed by atoms with Crippen molar-refractivity contribution in [3.05, 3.63) is 28.5 Å². The first-order valence-corrected chi connectivity index (χ1v) is 7.91. The molecule has 18 heavy (non-hydrogen) atoms. The molecule has 1 aromatic rings. The summed E-state index contributed by atoms with van der Waals surface area (Å²) < 4.78 is 40.2. The van der Waals surface area contributed by atoms with Crippen LogP contribution in [0.2, 0.25) is 0 Å². The summed E-state index contributed by atoms with van der Waals surface area (Å²) in [5.74, 6) is -0.603. The Morgan fingerprint density at radius 1 is 1.39 bits per heavy atom. The largest absolute Gasteiger partial charge is 0.326 e. The highest BCUT2D eigenvalue weighted by Crippen LogP contribution is 2.22. The monoisotopic (exact) mass is 336 g/mol. The van der Waals surface area contributed by atoms with Gasteiger partial charge in [0.2, 0.25) is 10.0 Å². The second kappa shape index (κ2) is 5.24. The maximum atomic E-state index is 13.3. The average Bonchev–Trinajstić information content (AvgIpc) is 2.67. The molecule has 2 atom stereocenters. The van der Waals surface area contributed by atoms with Gasteiger partial charge in [0.25, 0.3) is 0 Å². The lowest BCUT2D eigenvalue weighted by Crippen LogP contribution is -2.43. The molecule has 0 aromatic heterocycles. The molecule has 4 nitrogen and oxygen atoms in total. The van der Waals surface area contributed by atoms with Crippen molar-refractivity contribution < 1.29 is 12.8 Å². The van der Waals surface area contributed by atoms with Crippen LogP contribution in [0, 0.1) is 5.82 Å². The molecule has 0 heterocycles. The third-order valence-corrected chi connectivity index (χ3v) is 5.21. The van der Waals surface area contributed by atoms with Crippen LogP contribution in [0.15, 0.2) is 27.6 Å². The highest BCUT2D eigenvalue weighted by molar-refractivity contribution is 9.10. The summed E-state index contributed by atoms with van der Waals surface area (Å²) in [5, 5.41) is 0. The van der Waals surface area contributed by atoms with Crippen molar-refractivity contribution in [2.45, 2.75) is 36.2 Å². The van der Waals surface area contributed by atoms with E-state index in [0.717, 1.165) is 25.3 Å². The summed E-state index contributed by atoms with van der Waals surface area (Å²) in [4.78, 5) is -0.0812. The van der Waals surface area contributed by atoms with E-state index in [9.17, 15) is 12.8 Å². The predicted molar refractivity (Wildman–Crippen MR) is 70.0 cm³/mol. The van der Waals surface area contributed by atoms with E-state index in [-0.39, 0.29) is 21.5 Å². The Labute approximate surface area is 114 Å². The van der Waals surface area contributed by atoms with Crippen molar-refractivity contribution in [1.82, 2.24) is 4.72 Å². The molecule has 1 aliphatic carbocycles.